The Morgan fingerprint density at radius 1 is 1.04 bits per heavy atom. The molecule has 4 rings (SSSR count). The summed E-state index contributed by atoms with van der Waals surface area (Å²) in [5, 5.41) is 1.66. The van der Waals surface area contributed by atoms with E-state index in [2.05, 4.69) is 25.1 Å². The first-order valence-electron chi connectivity index (χ1n) is 11.1. The zero-order valence-corrected chi connectivity index (χ0v) is 17.3. The van der Waals surface area contributed by atoms with Crippen molar-refractivity contribution < 1.29 is 9.13 Å². The third-order valence-electron chi connectivity index (χ3n) is 7.25. The maximum atomic E-state index is 14.8. The van der Waals surface area contributed by atoms with Crippen LogP contribution in [0.3, 0.4) is 0 Å². The highest BCUT2D eigenvalue weighted by Gasteiger charge is 2.35. The summed E-state index contributed by atoms with van der Waals surface area (Å²) >= 11 is 0. The van der Waals surface area contributed by atoms with Gasteiger partial charge in [0.05, 0.1) is 0 Å². The summed E-state index contributed by atoms with van der Waals surface area (Å²) in [5.41, 5.74) is 1.32. The predicted molar refractivity (Wildman–Crippen MR) is 115 cm³/mol. The first kappa shape index (κ1) is 19.5. The monoisotopic (exact) mass is 380 g/mol. The van der Waals surface area contributed by atoms with Gasteiger partial charge in [0.25, 0.3) is 0 Å². The second kappa shape index (κ2) is 8.68. The lowest BCUT2D eigenvalue weighted by atomic mass is 9.63. The van der Waals surface area contributed by atoms with Crippen LogP contribution in [0, 0.1) is 23.6 Å². The molecule has 150 valence electrons. The van der Waals surface area contributed by atoms with Crippen molar-refractivity contribution in [1.82, 2.24) is 0 Å². The minimum absolute atomic E-state index is 0.174. The standard InChI is InChI=1S/C26H33FO/c1-3-5-12-28-24-15-23-11-10-22(16-25(23)26(27)17-24)21-9-8-19-13-18(4-2)6-7-20(19)14-21/h3,5,10-11,15-21H,4,6-9,12-14H2,1-2H3/b5-3+. The van der Waals surface area contributed by atoms with Gasteiger partial charge in [0.15, 0.2) is 0 Å². The summed E-state index contributed by atoms with van der Waals surface area (Å²) < 4.78 is 20.4. The van der Waals surface area contributed by atoms with Crippen LogP contribution < -0.4 is 4.74 Å². The van der Waals surface area contributed by atoms with Crippen molar-refractivity contribution in [2.24, 2.45) is 17.8 Å². The quantitative estimate of drug-likeness (QED) is 0.484. The molecule has 2 aromatic rings. The van der Waals surface area contributed by atoms with Crippen LogP contribution in [0.4, 0.5) is 4.39 Å². The van der Waals surface area contributed by atoms with Crippen LogP contribution >= 0.6 is 0 Å². The van der Waals surface area contributed by atoms with Crippen LogP contribution in [-0.2, 0) is 0 Å². The van der Waals surface area contributed by atoms with Gasteiger partial charge in [0.2, 0.25) is 0 Å². The van der Waals surface area contributed by atoms with Crippen molar-refractivity contribution in [3.05, 3.63) is 53.9 Å². The molecule has 2 saturated carbocycles. The van der Waals surface area contributed by atoms with Crippen LogP contribution in [0.1, 0.15) is 70.3 Å². The number of fused-ring (bicyclic) bond motifs is 2. The molecular weight excluding hydrogens is 347 g/mol. The largest absolute Gasteiger partial charge is 0.489 e. The Morgan fingerprint density at radius 3 is 2.68 bits per heavy atom. The number of benzene rings is 2. The molecule has 0 amide bonds. The third kappa shape index (κ3) is 4.11. The van der Waals surface area contributed by atoms with E-state index in [1.807, 2.05) is 25.1 Å². The molecular formula is C26H33FO. The maximum absolute atomic E-state index is 14.8. The summed E-state index contributed by atoms with van der Waals surface area (Å²) in [4.78, 5) is 0. The molecule has 0 bridgehead atoms. The first-order valence-corrected chi connectivity index (χ1v) is 11.1. The van der Waals surface area contributed by atoms with Gasteiger partial charge in [-0.3, -0.25) is 0 Å². The number of hydrogen-bond acceptors (Lipinski definition) is 1. The molecule has 2 fully saturated rings. The average molecular weight is 381 g/mol. The van der Waals surface area contributed by atoms with Gasteiger partial charge in [0, 0.05) is 11.5 Å². The van der Waals surface area contributed by atoms with E-state index in [0.717, 1.165) is 28.5 Å². The van der Waals surface area contributed by atoms with Crippen molar-refractivity contribution in [3.63, 3.8) is 0 Å². The van der Waals surface area contributed by atoms with E-state index in [4.69, 9.17) is 4.74 Å². The molecule has 0 radical (unpaired) electrons. The topological polar surface area (TPSA) is 9.23 Å². The van der Waals surface area contributed by atoms with E-state index in [1.165, 1.54) is 56.6 Å². The first-order chi connectivity index (χ1) is 13.7. The van der Waals surface area contributed by atoms with E-state index < -0.39 is 0 Å². The minimum Gasteiger partial charge on any atom is -0.489 e. The summed E-state index contributed by atoms with van der Waals surface area (Å²) in [6.07, 6.45) is 13.4. The number of rotatable bonds is 5. The van der Waals surface area contributed by atoms with Crippen molar-refractivity contribution in [2.75, 3.05) is 6.61 Å². The van der Waals surface area contributed by atoms with Crippen LogP contribution in [0.5, 0.6) is 5.75 Å². The lowest BCUT2D eigenvalue weighted by molar-refractivity contribution is 0.116. The SMILES string of the molecule is C/C=C/COc1cc(F)c2cc(C3CCC4CC(CC)CCC4C3)ccc2c1. The molecule has 2 aliphatic rings. The molecule has 0 N–H and O–H groups in total. The van der Waals surface area contributed by atoms with E-state index in [-0.39, 0.29) is 5.82 Å². The summed E-state index contributed by atoms with van der Waals surface area (Å²) in [7, 11) is 0. The molecule has 28 heavy (non-hydrogen) atoms. The molecule has 0 saturated heterocycles. The molecule has 4 unspecified atom stereocenters. The lowest BCUT2D eigenvalue weighted by Crippen LogP contribution is -2.30. The van der Waals surface area contributed by atoms with Crippen LogP contribution in [-0.4, -0.2) is 6.61 Å². The summed E-state index contributed by atoms with van der Waals surface area (Å²) in [6, 6.07) is 9.88. The van der Waals surface area contributed by atoms with E-state index in [0.29, 0.717) is 18.3 Å². The molecule has 2 heteroatoms. The highest BCUT2D eigenvalue weighted by Crippen LogP contribution is 2.48. The van der Waals surface area contributed by atoms with E-state index in [9.17, 15) is 4.39 Å². The second-order valence-corrected chi connectivity index (χ2v) is 8.88. The fraction of sp³-hybridized carbons (Fsp3) is 0.538. The highest BCUT2D eigenvalue weighted by molar-refractivity contribution is 5.85. The van der Waals surface area contributed by atoms with Crippen molar-refractivity contribution in [3.8, 4) is 5.75 Å². The van der Waals surface area contributed by atoms with Gasteiger partial charge in [0.1, 0.15) is 18.2 Å². The van der Waals surface area contributed by atoms with Gasteiger partial charge in [-0.25, -0.2) is 4.39 Å². The van der Waals surface area contributed by atoms with Crippen molar-refractivity contribution in [1.29, 1.82) is 0 Å². The van der Waals surface area contributed by atoms with Gasteiger partial charge in [-0.15, -0.1) is 0 Å². The van der Waals surface area contributed by atoms with Gasteiger partial charge in [-0.1, -0.05) is 44.1 Å². The normalized spacial score (nSPS) is 27.8. The van der Waals surface area contributed by atoms with Gasteiger partial charge >= 0.3 is 0 Å². The number of ether oxygens (including phenoxy) is 1. The van der Waals surface area contributed by atoms with Crippen molar-refractivity contribution >= 4 is 10.8 Å². The molecule has 0 aliphatic heterocycles. The Morgan fingerprint density at radius 2 is 1.86 bits per heavy atom. The molecule has 0 aromatic heterocycles. The number of allylic oxidation sites excluding steroid dienone is 1. The Bertz CT molecular complexity index is 840. The fourth-order valence-corrected chi connectivity index (χ4v) is 5.54. The molecule has 1 nitrogen and oxygen atoms in total. The Balaban J connectivity index is 1.50. The van der Waals surface area contributed by atoms with Crippen LogP contribution in [0.25, 0.3) is 10.8 Å². The maximum Gasteiger partial charge on any atom is 0.134 e. The van der Waals surface area contributed by atoms with E-state index in [1.54, 1.807) is 0 Å². The summed E-state index contributed by atoms with van der Waals surface area (Å²) in [5.74, 6) is 3.79. The molecule has 0 spiro atoms. The minimum atomic E-state index is -0.174. The van der Waals surface area contributed by atoms with Gasteiger partial charge < -0.3 is 4.74 Å². The third-order valence-corrected chi connectivity index (χ3v) is 7.25. The molecule has 2 aromatic carbocycles. The molecule has 4 atom stereocenters. The molecule has 0 heterocycles. The summed E-state index contributed by atoms with van der Waals surface area (Å²) in [6.45, 7) is 4.77. The van der Waals surface area contributed by atoms with Gasteiger partial charge in [-0.05, 0) is 85.8 Å². The van der Waals surface area contributed by atoms with Crippen molar-refractivity contribution in [2.45, 2.75) is 64.7 Å². The average Bonchev–Trinajstić information content (AvgIpc) is 2.73. The Labute approximate surface area is 169 Å². The van der Waals surface area contributed by atoms with E-state index >= 15 is 0 Å². The lowest BCUT2D eigenvalue weighted by Gasteiger charge is -2.42. The number of hydrogen-bond donors (Lipinski definition) is 0. The van der Waals surface area contributed by atoms with Crippen LogP contribution in [0.15, 0.2) is 42.5 Å². The zero-order chi connectivity index (χ0) is 19.5. The Hall–Kier alpha value is -1.83. The highest BCUT2D eigenvalue weighted by atomic mass is 19.1. The predicted octanol–water partition coefficient (Wildman–Crippen LogP) is 7.64. The number of halogens is 1. The smallest absolute Gasteiger partial charge is 0.134 e. The molecule has 2 aliphatic carbocycles. The Kier molecular flexibility index (Phi) is 6.04. The fourth-order valence-electron chi connectivity index (χ4n) is 5.54. The second-order valence-electron chi connectivity index (χ2n) is 8.88. The zero-order valence-electron chi connectivity index (χ0n) is 17.3. The van der Waals surface area contributed by atoms with Gasteiger partial charge in [-0.2, -0.15) is 0 Å². The van der Waals surface area contributed by atoms with Crippen LogP contribution in [0.2, 0.25) is 0 Å².